The fourth-order valence-electron chi connectivity index (χ4n) is 4.09. The van der Waals surface area contributed by atoms with E-state index in [-0.39, 0.29) is 19.2 Å². The lowest BCUT2D eigenvalue weighted by Gasteiger charge is -2.37. The number of anilines is 1. The Morgan fingerprint density at radius 2 is 1.71 bits per heavy atom. The van der Waals surface area contributed by atoms with Crippen LogP contribution in [0.2, 0.25) is 0 Å². The number of ether oxygens (including phenoxy) is 2. The average molecular weight is 480 g/mol. The van der Waals surface area contributed by atoms with Crippen molar-refractivity contribution in [2.75, 3.05) is 31.1 Å². The Hall–Kier alpha value is -3.75. The summed E-state index contributed by atoms with van der Waals surface area (Å²) in [5, 5.41) is 2.79. The van der Waals surface area contributed by atoms with E-state index < -0.39 is 11.7 Å². The normalized spacial score (nSPS) is 14.2. The number of benzene rings is 2. The molecule has 9 heteroatoms. The molecule has 2 aromatic carbocycles. The van der Waals surface area contributed by atoms with Gasteiger partial charge in [0, 0.05) is 33.2 Å². The number of imidazole rings is 1. The summed E-state index contributed by atoms with van der Waals surface area (Å²) in [4.78, 5) is 33.3. The van der Waals surface area contributed by atoms with E-state index in [4.69, 9.17) is 14.5 Å². The molecule has 9 nitrogen and oxygen atoms in total. The van der Waals surface area contributed by atoms with Crippen LogP contribution in [0.1, 0.15) is 32.2 Å². The summed E-state index contributed by atoms with van der Waals surface area (Å²) >= 11 is 0. The summed E-state index contributed by atoms with van der Waals surface area (Å²) in [7, 11) is 1.95. The van der Waals surface area contributed by atoms with Crippen molar-refractivity contribution in [3.8, 4) is 0 Å². The highest BCUT2D eigenvalue weighted by atomic mass is 16.6. The molecular weight excluding hydrogens is 446 g/mol. The molecule has 0 spiro atoms. The molecule has 0 unspecified atom stereocenters. The fourth-order valence-corrected chi connectivity index (χ4v) is 4.09. The number of carbonyl (C=O) groups is 2. The molecule has 186 valence electrons. The van der Waals surface area contributed by atoms with E-state index in [0.717, 1.165) is 28.1 Å². The zero-order chi connectivity index (χ0) is 25.0. The predicted molar refractivity (Wildman–Crippen MR) is 134 cm³/mol. The van der Waals surface area contributed by atoms with E-state index in [2.05, 4.69) is 16.3 Å². The minimum Gasteiger partial charge on any atom is -0.445 e. The number of para-hydroxylation sites is 1. The molecule has 1 aliphatic rings. The number of fused-ring (bicyclic) bond motifs is 1. The predicted octanol–water partition coefficient (Wildman–Crippen LogP) is 4.06. The highest BCUT2D eigenvalue weighted by Gasteiger charge is 2.27. The molecule has 3 aromatic rings. The number of nitrogens with zero attached hydrogens (tertiary/aromatic N) is 4. The molecule has 0 radical (unpaired) electrons. The summed E-state index contributed by atoms with van der Waals surface area (Å²) in [6, 6.07) is 15.6. The third-order valence-electron chi connectivity index (χ3n) is 5.84. The standard InChI is InChI=1S/C26H33N5O4/c1-26(2,3)35-25(33)31-15-13-30(14-16-31)21-12-8-11-20-23(21)29(4)22(28-20)17-27-24(32)34-18-19-9-6-5-7-10-19/h5-12H,13-18H2,1-4H3,(H,27,32). The van der Waals surface area contributed by atoms with Crippen LogP contribution in [-0.2, 0) is 29.7 Å². The van der Waals surface area contributed by atoms with Gasteiger partial charge in [0.15, 0.2) is 0 Å². The molecule has 1 saturated heterocycles. The number of hydrogen-bond donors (Lipinski definition) is 1. The first-order valence-corrected chi connectivity index (χ1v) is 11.8. The summed E-state index contributed by atoms with van der Waals surface area (Å²) < 4.78 is 12.8. The number of alkyl carbamates (subject to hydrolysis) is 1. The summed E-state index contributed by atoms with van der Waals surface area (Å²) in [6.45, 7) is 8.67. The van der Waals surface area contributed by atoms with Crippen LogP contribution in [0.15, 0.2) is 48.5 Å². The molecular formula is C26H33N5O4. The Bertz CT molecular complexity index is 1180. The highest BCUT2D eigenvalue weighted by molar-refractivity contribution is 5.90. The molecule has 1 aliphatic heterocycles. The van der Waals surface area contributed by atoms with Crippen LogP contribution in [0.4, 0.5) is 15.3 Å². The zero-order valence-electron chi connectivity index (χ0n) is 20.8. The van der Waals surface area contributed by atoms with Crippen LogP contribution in [0, 0.1) is 0 Å². The molecule has 1 aromatic heterocycles. The van der Waals surface area contributed by atoms with Gasteiger partial charge in [-0.05, 0) is 38.5 Å². The second-order valence-corrected chi connectivity index (χ2v) is 9.60. The number of aromatic nitrogens is 2. The van der Waals surface area contributed by atoms with E-state index >= 15 is 0 Å². The Balaban J connectivity index is 1.39. The maximum absolute atomic E-state index is 12.4. The van der Waals surface area contributed by atoms with E-state index in [1.165, 1.54) is 0 Å². The van der Waals surface area contributed by atoms with E-state index in [1.54, 1.807) is 4.90 Å². The van der Waals surface area contributed by atoms with Gasteiger partial charge >= 0.3 is 12.2 Å². The third kappa shape index (κ3) is 6.03. The van der Waals surface area contributed by atoms with Gasteiger partial charge < -0.3 is 29.2 Å². The maximum Gasteiger partial charge on any atom is 0.410 e. The van der Waals surface area contributed by atoms with Gasteiger partial charge in [-0.3, -0.25) is 0 Å². The average Bonchev–Trinajstić information content (AvgIpc) is 3.16. The van der Waals surface area contributed by atoms with E-state index in [9.17, 15) is 9.59 Å². The van der Waals surface area contributed by atoms with E-state index in [0.29, 0.717) is 26.2 Å². The molecule has 1 N–H and O–H groups in total. The lowest BCUT2D eigenvalue weighted by molar-refractivity contribution is 0.0240. The van der Waals surface area contributed by atoms with Crippen LogP contribution in [0.25, 0.3) is 11.0 Å². The summed E-state index contributed by atoms with van der Waals surface area (Å²) in [5.41, 5.74) is 3.33. The van der Waals surface area contributed by atoms with Crippen molar-refractivity contribution in [2.24, 2.45) is 7.05 Å². The smallest absolute Gasteiger partial charge is 0.410 e. The van der Waals surface area contributed by atoms with Gasteiger partial charge in [0.25, 0.3) is 0 Å². The zero-order valence-corrected chi connectivity index (χ0v) is 20.8. The first-order valence-electron chi connectivity index (χ1n) is 11.8. The number of piperazine rings is 1. The van der Waals surface area contributed by atoms with Crippen molar-refractivity contribution < 1.29 is 19.1 Å². The minimum absolute atomic E-state index is 0.217. The second-order valence-electron chi connectivity index (χ2n) is 9.60. The van der Waals surface area contributed by atoms with Gasteiger partial charge in [0.05, 0.1) is 23.3 Å². The Kier molecular flexibility index (Phi) is 7.14. The van der Waals surface area contributed by atoms with Gasteiger partial charge in [0.1, 0.15) is 18.0 Å². The van der Waals surface area contributed by atoms with Gasteiger partial charge in [-0.15, -0.1) is 0 Å². The number of hydrogen-bond acceptors (Lipinski definition) is 6. The van der Waals surface area contributed by atoms with E-state index in [1.807, 2.05) is 74.9 Å². The van der Waals surface area contributed by atoms with Gasteiger partial charge in [0.2, 0.25) is 0 Å². The van der Waals surface area contributed by atoms with Crippen LogP contribution < -0.4 is 10.2 Å². The van der Waals surface area contributed by atoms with Crippen molar-refractivity contribution in [3.63, 3.8) is 0 Å². The summed E-state index contributed by atoms with van der Waals surface area (Å²) in [5.74, 6) is 0.733. The maximum atomic E-state index is 12.4. The van der Waals surface area contributed by atoms with Gasteiger partial charge in [-0.2, -0.15) is 0 Å². The first kappa shape index (κ1) is 24.4. The third-order valence-corrected chi connectivity index (χ3v) is 5.84. The molecule has 1 fully saturated rings. The van der Waals surface area contributed by atoms with Crippen molar-refractivity contribution in [1.29, 1.82) is 0 Å². The lowest BCUT2D eigenvalue weighted by Crippen LogP contribution is -2.50. The lowest BCUT2D eigenvalue weighted by atomic mass is 10.2. The first-order chi connectivity index (χ1) is 16.7. The minimum atomic E-state index is -0.507. The number of amides is 2. The molecule has 0 aliphatic carbocycles. The van der Waals surface area contributed by atoms with Crippen molar-refractivity contribution >= 4 is 28.9 Å². The SMILES string of the molecule is Cn1c(CNC(=O)OCc2ccccc2)nc2cccc(N3CCN(C(=O)OC(C)(C)C)CC3)c21. The monoisotopic (exact) mass is 479 g/mol. The molecule has 2 amide bonds. The Labute approximate surface area is 205 Å². The number of nitrogens with one attached hydrogen (secondary N) is 1. The van der Waals surface area contributed by atoms with Crippen molar-refractivity contribution in [1.82, 2.24) is 19.8 Å². The number of carbonyl (C=O) groups excluding carboxylic acids is 2. The van der Waals surface area contributed by atoms with Crippen LogP contribution in [-0.4, -0.2) is 58.4 Å². The van der Waals surface area contributed by atoms with Gasteiger partial charge in [-0.25, -0.2) is 14.6 Å². The molecule has 0 saturated carbocycles. The molecule has 4 rings (SSSR count). The van der Waals surface area contributed by atoms with Gasteiger partial charge in [-0.1, -0.05) is 36.4 Å². The highest BCUT2D eigenvalue weighted by Crippen LogP contribution is 2.28. The molecule has 0 atom stereocenters. The molecule has 35 heavy (non-hydrogen) atoms. The Morgan fingerprint density at radius 3 is 2.40 bits per heavy atom. The van der Waals surface area contributed by atoms with Crippen molar-refractivity contribution in [3.05, 3.63) is 59.9 Å². The van der Waals surface area contributed by atoms with Crippen LogP contribution in [0.3, 0.4) is 0 Å². The fraction of sp³-hybridized carbons (Fsp3) is 0.423. The van der Waals surface area contributed by atoms with Crippen molar-refractivity contribution in [2.45, 2.75) is 39.5 Å². The number of rotatable bonds is 5. The number of aryl methyl sites for hydroxylation is 1. The molecule has 2 heterocycles. The van der Waals surface area contributed by atoms with Crippen LogP contribution in [0.5, 0.6) is 0 Å². The largest absolute Gasteiger partial charge is 0.445 e. The quantitative estimate of drug-likeness (QED) is 0.594. The summed E-state index contributed by atoms with van der Waals surface area (Å²) in [6.07, 6.45) is -0.761. The van der Waals surface area contributed by atoms with Crippen LogP contribution >= 0.6 is 0 Å². The molecule has 0 bridgehead atoms. The Morgan fingerprint density at radius 1 is 1.00 bits per heavy atom. The second kappa shape index (κ2) is 10.2. The topological polar surface area (TPSA) is 88.9 Å².